The van der Waals surface area contributed by atoms with Gasteiger partial charge in [0.25, 0.3) is 5.79 Å². The second kappa shape index (κ2) is 5.14. The van der Waals surface area contributed by atoms with Gasteiger partial charge in [0.2, 0.25) is 0 Å². The fourth-order valence-electron chi connectivity index (χ4n) is 2.23. The molecule has 1 fully saturated rings. The number of hydrogen-bond acceptors (Lipinski definition) is 3. The summed E-state index contributed by atoms with van der Waals surface area (Å²) in [5.74, 6) is 0.371. The molecule has 3 rings (SSSR count). The Balaban J connectivity index is 1.79. The summed E-state index contributed by atoms with van der Waals surface area (Å²) >= 11 is 0. The van der Waals surface area contributed by atoms with E-state index in [0.717, 1.165) is 11.5 Å². The van der Waals surface area contributed by atoms with Crippen molar-refractivity contribution in [2.75, 3.05) is 0 Å². The molecule has 0 radical (unpaired) electrons. The van der Waals surface area contributed by atoms with Crippen LogP contribution in [-0.2, 0) is 0 Å². The number of hydrogen-bond donors (Lipinski definition) is 0. The first-order valence-corrected chi connectivity index (χ1v) is 7.02. The lowest BCUT2D eigenvalue weighted by atomic mass is 10.2. The highest BCUT2D eigenvalue weighted by Gasteiger charge is 2.61. The average Bonchev–Trinajstić information content (AvgIpc) is 3.17. The van der Waals surface area contributed by atoms with Crippen molar-refractivity contribution in [2.45, 2.75) is 26.1 Å². The third-order valence-corrected chi connectivity index (χ3v) is 3.64. The second-order valence-electron chi connectivity index (χ2n) is 5.53. The van der Waals surface area contributed by atoms with Gasteiger partial charge in [0, 0.05) is 6.42 Å². The molecule has 0 bridgehead atoms. The molecule has 2 aromatic carbocycles. The van der Waals surface area contributed by atoms with Gasteiger partial charge in [0.15, 0.2) is 0 Å². The summed E-state index contributed by atoms with van der Waals surface area (Å²) in [4.78, 5) is 0. The number of nitrogens with zero attached hydrogens (tertiary/aromatic N) is 1. The Hall–Kier alpha value is -2.47. The van der Waals surface area contributed by atoms with Gasteiger partial charge in [-0.1, -0.05) is 35.4 Å². The van der Waals surface area contributed by atoms with E-state index in [1.54, 1.807) is 0 Å². The summed E-state index contributed by atoms with van der Waals surface area (Å²) in [7, 11) is 0. The third-order valence-electron chi connectivity index (χ3n) is 3.64. The molecule has 21 heavy (non-hydrogen) atoms. The van der Waals surface area contributed by atoms with Crippen LogP contribution >= 0.6 is 0 Å². The van der Waals surface area contributed by atoms with Gasteiger partial charge < -0.3 is 9.47 Å². The largest absolute Gasteiger partial charge is 0.451 e. The van der Waals surface area contributed by atoms with Crippen molar-refractivity contribution in [1.82, 2.24) is 0 Å². The van der Waals surface area contributed by atoms with Gasteiger partial charge in [0.1, 0.15) is 17.4 Å². The Kier molecular flexibility index (Phi) is 3.31. The average molecular weight is 279 g/mol. The van der Waals surface area contributed by atoms with E-state index in [2.05, 4.69) is 6.07 Å². The van der Waals surface area contributed by atoms with Gasteiger partial charge in [-0.15, -0.1) is 0 Å². The number of ether oxygens (including phenoxy) is 2. The van der Waals surface area contributed by atoms with E-state index in [4.69, 9.17) is 9.47 Å². The molecule has 0 spiro atoms. The van der Waals surface area contributed by atoms with Crippen molar-refractivity contribution in [3.8, 4) is 17.6 Å². The molecule has 106 valence electrons. The van der Waals surface area contributed by atoms with Crippen LogP contribution in [0.25, 0.3) is 0 Å². The standard InChI is InChI=1S/C18H17NO2/c1-13-3-7-16(8-4-13)20-18(11-15(18)12-19)21-17-9-5-14(2)6-10-17/h3-10,15H,11H2,1-2H3. The zero-order valence-corrected chi connectivity index (χ0v) is 12.2. The van der Waals surface area contributed by atoms with E-state index < -0.39 is 5.79 Å². The van der Waals surface area contributed by atoms with E-state index >= 15 is 0 Å². The molecular weight excluding hydrogens is 262 g/mol. The lowest BCUT2D eigenvalue weighted by molar-refractivity contribution is -0.0298. The molecule has 1 saturated carbocycles. The lowest BCUT2D eigenvalue weighted by Gasteiger charge is -2.20. The predicted octanol–water partition coefficient (Wildman–Crippen LogP) is 4.00. The van der Waals surface area contributed by atoms with Crippen molar-refractivity contribution in [2.24, 2.45) is 5.92 Å². The Morgan fingerprint density at radius 2 is 1.33 bits per heavy atom. The zero-order valence-electron chi connectivity index (χ0n) is 12.2. The molecule has 0 aromatic heterocycles. The molecule has 0 aliphatic heterocycles. The molecule has 0 heterocycles. The van der Waals surface area contributed by atoms with Gasteiger partial charge in [-0.05, 0) is 38.1 Å². The molecule has 1 atom stereocenters. The van der Waals surface area contributed by atoms with Gasteiger partial charge in [-0.25, -0.2) is 0 Å². The van der Waals surface area contributed by atoms with Crippen LogP contribution in [0.1, 0.15) is 17.5 Å². The predicted molar refractivity (Wildman–Crippen MR) is 80.1 cm³/mol. The minimum absolute atomic E-state index is 0.236. The minimum atomic E-state index is -0.848. The van der Waals surface area contributed by atoms with Gasteiger partial charge in [-0.3, -0.25) is 0 Å². The molecule has 1 aliphatic carbocycles. The molecule has 3 nitrogen and oxygen atoms in total. The van der Waals surface area contributed by atoms with Crippen molar-refractivity contribution >= 4 is 0 Å². The summed E-state index contributed by atoms with van der Waals surface area (Å²) in [6.07, 6.45) is 0.589. The summed E-state index contributed by atoms with van der Waals surface area (Å²) < 4.78 is 11.9. The van der Waals surface area contributed by atoms with Gasteiger partial charge in [-0.2, -0.15) is 5.26 Å². The quantitative estimate of drug-likeness (QED) is 0.794. The Morgan fingerprint density at radius 3 is 1.67 bits per heavy atom. The van der Waals surface area contributed by atoms with Crippen LogP contribution in [0, 0.1) is 31.1 Å². The van der Waals surface area contributed by atoms with Crippen LogP contribution in [0.5, 0.6) is 11.5 Å². The van der Waals surface area contributed by atoms with Crippen LogP contribution in [0.3, 0.4) is 0 Å². The van der Waals surface area contributed by atoms with Crippen LogP contribution in [-0.4, -0.2) is 5.79 Å². The number of aryl methyl sites for hydroxylation is 2. The third kappa shape index (κ3) is 2.85. The van der Waals surface area contributed by atoms with Crippen LogP contribution < -0.4 is 9.47 Å². The zero-order chi connectivity index (χ0) is 14.9. The van der Waals surface area contributed by atoms with Crippen molar-refractivity contribution in [1.29, 1.82) is 5.26 Å². The summed E-state index contributed by atoms with van der Waals surface area (Å²) in [6.45, 7) is 4.05. The SMILES string of the molecule is Cc1ccc(OC2(Oc3ccc(C)cc3)CC2C#N)cc1. The minimum Gasteiger partial charge on any atom is -0.451 e. The molecule has 1 aliphatic rings. The maximum atomic E-state index is 9.18. The van der Waals surface area contributed by atoms with E-state index in [1.807, 2.05) is 62.4 Å². The van der Waals surface area contributed by atoms with Gasteiger partial charge >= 0.3 is 0 Å². The van der Waals surface area contributed by atoms with Crippen molar-refractivity contribution < 1.29 is 9.47 Å². The number of rotatable bonds is 4. The maximum absolute atomic E-state index is 9.18. The van der Waals surface area contributed by atoms with Crippen LogP contribution in [0.4, 0.5) is 0 Å². The molecule has 2 aromatic rings. The van der Waals surface area contributed by atoms with Crippen LogP contribution in [0.2, 0.25) is 0 Å². The Bertz CT molecular complexity index is 620. The van der Waals surface area contributed by atoms with Gasteiger partial charge in [0.05, 0.1) is 6.07 Å². The summed E-state index contributed by atoms with van der Waals surface area (Å²) in [6, 6.07) is 17.8. The fraction of sp³-hybridized carbons (Fsp3) is 0.278. The molecule has 1 unspecified atom stereocenters. The maximum Gasteiger partial charge on any atom is 0.268 e. The molecular formula is C18H17NO2. The molecule has 0 amide bonds. The van der Waals surface area contributed by atoms with E-state index in [0.29, 0.717) is 6.42 Å². The van der Waals surface area contributed by atoms with E-state index in [1.165, 1.54) is 11.1 Å². The van der Waals surface area contributed by atoms with Crippen molar-refractivity contribution in [3.63, 3.8) is 0 Å². The first kappa shape index (κ1) is 13.5. The second-order valence-corrected chi connectivity index (χ2v) is 5.53. The summed E-state index contributed by atoms with van der Waals surface area (Å²) in [5.41, 5.74) is 2.34. The van der Waals surface area contributed by atoms with Crippen LogP contribution in [0.15, 0.2) is 48.5 Å². The van der Waals surface area contributed by atoms with Crippen molar-refractivity contribution in [3.05, 3.63) is 59.7 Å². The molecule has 3 heteroatoms. The fourth-order valence-corrected chi connectivity index (χ4v) is 2.23. The number of nitriles is 1. The normalized spacial score (nSPS) is 18.6. The van der Waals surface area contributed by atoms with E-state index in [9.17, 15) is 5.26 Å². The topological polar surface area (TPSA) is 42.2 Å². The number of benzene rings is 2. The van der Waals surface area contributed by atoms with E-state index in [-0.39, 0.29) is 5.92 Å². The summed E-state index contributed by atoms with van der Waals surface area (Å²) in [5, 5.41) is 9.18. The first-order valence-electron chi connectivity index (χ1n) is 7.02. The molecule has 0 N–H and O–H groups in total. The highest BCUT2D eigenvalue weighted by Crippen LogP contribution is 2.47. The highest BCUT2D eigenvalue weighted by molar-refractivity contribution is 5.31. The highest BCUT2D eigenvalue weighted by atomic mass is 16.7. The molecule has 0 saturated heterocycles. The Morgan fingerprint density at radius 1 is 0.905 bits per heavy atom. The Labute approximate surface area is 124 Å². The monoisotopic (exact) mass is 279 g/mol. The smallest absolute Gasteiger partial charge is 0.268 e. The first-order chi connectivity index (χ1) is 10.1. The lowest BCUT2D eigenvalue weighted by Crippen LogP contribution is -2.28.